The number of nitrogens with one attached hydrogen (secondary N) is 1. The molecule has 154 valence electrons. The normalized spacial score (nSPS) is 17.7. The first-order valence-corrected chi connectivity index (χ1v) is 10.2. The molecule has 2 aliphatic heterocycles. The highest BCUT2D eigenvalue weighted by molar-refractivity contribution is 6.00. The van der Waals surface area contributed by atoms with Crippen molar-refractivity contribution in [3.05, 3.63) is 54.7 Å². The molecule has 1 fully saturated rings. The number of carbonyl (C=O) groups excluding carboxylic acids is 2. The lowest BCUT2D eigenvalue weighted by molar-refractivity contribution is -0.126. The van der Waals surface area contributed by atoms with Crippen LogP contribution >= 0.6 is 0 Å². The van der Waals surface area contributed by atoms with Crippen molar-refractivity contribution in [2.75, 3.05) is 24.8 Å². The molecule has 2 aliphatic rings. The predicted molar refractivity (Wildman–Crippen MR) is 113 cm³/mol. The topological polar surface area (TPSA) is 72.8 Å². The van der Waals surface area contributed by atoms with Crippen LogP contribution in [0.1, 0.15) is 12.8 Å². The monoisotopic (exact) mass is 405 g/mol. The fourth-order valence-corrected chi connectivity index (χ4v) is 4.13. The summed E-state index contributed by atoms with van der Waals surface area (Å²) in [6, 6.07) is 15.8. The molecule has 1 aromatic heterocycles. The van der Waals surface area contributed by atoms with Gasteiger partial charge in [-0.05, 0) is 36.1 Å². The van der Waals surface area contributed by atoms with Gasteiger partial charge in [0.25, 0.3) is 0 Å². The van der Waals surface area contributed by atoms with E-state index in [4.69, 9.17) is 9.47 Å². The van der Waals surface area contributed by atoms with E-state index in [9.17, 15) is 9.59 Å². The number of rotatable bonds is 6. The zero-order chi connectivity index (χ0) is 20.5. The van der Waals surface area contributed by atoms with E-state index in [2.05, 4.69) is 34.3 Å². The molecule has 3 aromatic rings. The molecule has 0 spiro atoms. The van der Waals surface area contributed by atoms with Gasteiger partial charge < -0.3 is 24.3 Å². The van der Waals surface area contributed by atoms with Crippen LogP contribution in [0.5, 0.6) is 11.5 Å². The summed E-state index contributed by atoms with van der Waals surface area (Å²) in [4.78, 5) is 26.7. The number of carbonyl (C=O) groups is 2. The third kappa shape index (κ3) is 3.47. The second-order valence-electron chi connectivity index (χ2n) is 7.66. The largest absolute Gasteiger partial charge is 0.454 e. The second-order valence-corrected chi connectivity index (χ2v) is 7.66. The van der Waals surface area contributed by atoms with Crippen molar-refractivity contribution >= 4 is 28.4 Å². The van der Waals surface area contributed by atoms with Gasteiger partial charge in [0.05, 0.1) is 5.92 Å². The van der Waals surface area contributed by atoms with Gasteiger partial charge in [-0.1, -0.05) is 18.2 Å². The maximum absolute atomic E-state index is 12.6. The van der Waals surface area contributed by atoms with Gasteiger partial charge >= 0.3 is 0 Å². The van der Waals surface area contributed by atoms with Crippen molar-refractivity contribution in [1.82, 2.24) is 9.88 Å². The number of fused-ring (bicyclic) bond motifs is 2. The molecule has 3 heterocycles. The number of hydrogen-bond donors (Lipinski definition) is 1. The number of nitrogens with zero attached hydrogens (tertiary/aromatic N) is 2. The maximum atomic E-state index is 12.6. The zero-order valence-corrected chi connectivity index (χ0v) is 16.5. The van der Waals surface area contributed by atoms with E-state index in [0.29, 0.717) is 24.6 Å². The van der Waals surface area contributed by atoms with Gasteiger partial charge in [0.1, 0.15) is 0 Å². The Morgan fingerprint density at radius 1 is 1.10 bits per heavy atom. The van der Waals surface area contributed by atoms with Gasteiger partial charge in [-0.2, -0.15) is 0 Å². The summed E-state index contributed by atoms with van der Waals surface area (Å²) < 4.78 is 12.9. The third-order valence-electron chi connectivity index (χ3n) is 5.72. The minimum absolute atomic E-state index is 0.0483. The first kappa shape index (κ1) is 18.5. The quantitative estimate of drug-likeness (QED) is 0.640. The van der Waals surface area contributed by atoms with E-state index in [-0.39, 0.29) is 30.9 Å². The number of aryl methyl sites for hydroxylation is 1. The van der Waals surface area contributed by atoms with Crippen LogP contribution in [0.15, 0.2) is 54.7 Å². The molecule has 0 radical (unpaired) electrons. The van der Waals surface area contributed by atoms with Crippen molar-refractivity contribution in [2.24, 2.45) is 5.92 Å². The summed E-state index contributed by atoms with van der Waals surface area (Å²) in [6.45, 7) is 1.99. The van der Waals surface area contributed by atoms with Crippen molar-refractivity contribution in [2.45, 2.75) is 19.4 Å². The number of ether oxygens (including phenoxy) is 2. The number of aromatic nitrogens is 1. The second kappa shape index (κ2) is 7.74. The molecule has 30 heavy (non-hydrogen) atoms. The van der Waals surface area contributed by atoms with Crippen LogP contribution in [0.3, 0.4) is 0 Å². The summed E-state index contributed by atoms with van der Waals surface area (Å²) >= 11 is 0. The van der Waals surface area contributed by atoms with Crippen molar-refractivity contribution < 1.29 is 19.1 Å². The lowest BCUT2D eigenvalue weighted by Crippen LogP contribution is -2.33. The van der Waals surface area contributed by atoms with E-state index in [1.165, 1.54) is 10.9 Å². The highest BCUT2D eigenvalue weighted by Gasteiger charge is 2.35. The van der Waals surface area contributed by atoms with Crippen LogP contribution in [0.25, 0.3) is 10.9 Å². The lowest BCUT2D eigenvalue weighted by atomic mass is 10.1. The minimum Gasteiger partial charge on any atom is -0.454 e. The number of para-hydroxylation sites is 1. The molecule has 0 bridgehead atoms. The first-order valence-electron chi connectivity index (χ1n) is 10.2. The molecule has 1 N–H and O–H groups in total. The summed E-state index contributed by atoms with van der Waals surface area (Å²) in [5.41, 5.74) is 1.93. The Hall–Kier alpha value is -3.48. The van der Waals surface area contributed by atoms with Crippen LogP contribution in [0, 0.1) is 5.92 Å². The van der Waals surface area contributed by atoms with Crippen molar-refractivity contribution in [3.8, 4) is 11.5 Å². The molecular weight excluding hydrogens is 382 g/mol. The van der Waals surface area contributed by atoms with Crippen LogP contribution in [0.2, 0.25) is 0 Å². The summed E-state index contributed by atoms with van der Waals surface area (Å²) in [5, 5.41) is 4.21. The van der Waals surface area contributed by atoms with E-state index in [0.717, 1.165) is 18.7 Å². The Morgan fingerprint density at radius 2 is 1.97 bits per heavy atom. The van der Waals surface area contributed by atoms with Crippen LogP contribution in [-0.2, 0) is 16.1 Å². The first-order chi connectivity index (χ1) is 14.7. The van der Waals surface area contributed by atoms with Gasteiger partial charge in [0.15, 0.2) is 11.5 Å². The summed E-state index contributed by atoms with van der Waals surface area (Å²) in [5.74, 6) is 0.855. The number of hydrogen-bond acceptors (Lipinski definition) is 4. The summed E-state index contributed by atoms with van der Waals surface area (Å²) in [7, 11) is 0. The molecule has 5 rings (SSSR count). The van der Waals surface area contributed by atoms with Crippen LogP contribution in [0.4, 0.5) is 5.69 Å². The Balaban J connectivity index is 1.14. The number of amides is 2. The van der Waals surface area contributed by atoms with E-state index < -0.39 is 0 Å². The molecule has 7 heteroatoms. The average molecular weight is 405 g/mol. The third-order valence-corrected chi connectivity index (χ3v) is 5.72. The van der Waals surface area contributed by atoms with Gasteiger partial charge in [-0.25, -0.2) is 0 Å². The van der Waals surface area contributed by atoms with E-state index >= 15 is 0 Å². The van der Waals surface area contributed by atoms with Crippen molar-refractivity contribution in [1.29, 1.82) is 0 Å². The number of anilines is 1. The smallest absolute Gasteiger partial charge is 0.231 e. The predicted octanol–water partition coefficient (Wildman–Crippen LogP) is 2.93. The highest BCUT2D eigenvalue weighted by Crippen LogP contribution is 2.37. The van der Waals surface area contributed by atoms with E-state index in [1.54, 1.807) is 17.0 Å². The van der Waals surface area contributed by atoms with E-state index in [1.807, 2.05) is 18.2 Å². The average Bonchev–Trinajstić information content (AvgIpc) is 3.48. The molecule has 1 unspecified atom stereocenters. The molecular formula is C23H23N3O4. The molecule has 2 aromatic carbocycles. The molecule has 2 amide bonds. The SMILES string of the molecule is O=C(NCCCn1ccc2ccccc21)C1CC(=O)N(c2ccc3c(c2)OCO3)C1. The fourth-order valence-electron chi connectivity index (χ4n) is 4.13. The number of benzene rings is 2. The Kier molecular flexibility index (Phi) is 4.78. The minimum atomic E-state index is -0.338. The van der Waals surface area contributed by atoms with Gasteiger partial charge in [0.2, 0.25) is 18.6 Å². The van der Waals surface area contributed by atoms with Crippen LogP contribution < -0.4 is 19.7 Å². The standard InChI is InChI=1S/C23H23N3O4/c27-22-12-17(14-26(22)18-6-7-20-21(13-18)30-15-29-20)23(28)24-9-3-10-25-11-8-16-4-1-2-5-19(16)25/h1-2,4-8,11,13,17H,3,9-10,12,14-15H2,(H,24,28). The fraction of sp³-hybridized carbons (Fsp3) is 0.304. The van der Waals surface area contributed by atoms with Crippen molar-refractivity contribution in [3.63, 3.8) is 0 Å². The van der Waals surface area contributed by atoms with Gasteiger partial charge in [-0.15, -0.1) is 0 Å². The Morgan fingerprint density at radius 3 is 2.90 bits per heavy atom. The molecule has 0 aliphatic carbocycles. The maximum Gasteiger partial charge on any atom is 0.231 e. The zero-order valence-electron chi connectivity index (χ0n) is 16.5. The lowest BCUT2D eigenvalue weighted by Gasteiger charge is -2.17. The molecule has 1 atom stereocenters. The molecule has 0 saturated carbocycles. The van der Waals surface area contributed by atoms with Crippen LogP contribution in [-0.4, -0.2) is 36.3 Å². The van der Waals surface area contributed by atoms with Gasteiger partial charge in [0, 0.05) is 49.5 Å². The van der Waals surface area contributed by atoms with Gasteiger partial charge in [-0.3, -0.25) is 9.59 Å². The highest BCUT2D eigenvalue weighted by atomic mass is 16.7. The Labute approximate surface area is 174 Å². The Bertz CT molecular complexity index is 1110. The molecule has 1 saturated heterocycles. The summed E-state index contributed by atoms with van der Waals surface area (Å²) in [6.07, 6.45) is 3.13. The molecule has 7 nitrogen and oxygen atoms in total.